The Morgan fingerprint density at radius 2 is 1.82 bits per heavy atom. The third-order valence-corrected chi connectivity index (χ3v) is 2.83. The Hall–Kier alpha value is -1.00. The van der Waals surface area contributed by atoms with E-state index in [9.17, 15) is 13.9 Å². The van der Waals surface area contributed by atoms with Gasteiger partial charge in [-0.25, -0.2) is 8.78 Å². The van der Waals surface area contributed by atoms with Gasteiger partial charge in [-0.05, 0) is 25.1 Å². The molecule has 0 radical (unpaired) electrons. The number of hydrogen-bond acceptors (Lipinski definition) is 2. The van der Waals surface area contributed by atoms with Crippen LogP contribution in [0.15, 0.2) is 18.2 Å². The van der Waals surface area contributed by atoms with Gasteiger partial charge in [-0.2, -0.15) is 0 Å². The highest BCUT2D eigenvalue weighted by molar-refractivity contribution is 5.19. The molecule has 1 aromatic rings. The molecule has 2 nitrogen and oxygen atoms in total. The predicted molar refractivity (Wildman–Crippen MR) is 63.6 cm³/mol. The Bertz CT molecular complexity index is 337. The van der Waals surface area contributed by atoms with Crippen LogP contribution in [0.2, 0.25) is 0 Å². The van der Waals surface area contributed by atoms with Crippen molar-refractivity contribution in [3.63, 3.8) is 0 Å². The number of benzene rings is 1. The lowest BCUT2D eigenvalue weighted by Gasteiger charge is -2.23. The summed E-state index contributed by atoms with van der Waals surface area (Å²) in [5.41, 5.74) is 0.0673. The van der Waals surface area contributed by atoms with E-state index < -0.39 is 17.7 Å². The molecule has 0 heterocycles. The Kier molecular flexibility index (Phi) is 5.51. The molecule has 0 saturated heterocycles. The van der Waals surface area contributed by atoms with Gasteiger partial charge < -0.3 is 5.11 Å². The van der Waals surface area contributed by atoms with Gasteiger partial charge in [-0.3, -0.25) is 4.90 Å². The van der Waals surface area contributed by atoms with Gasteiger partial charge >= 0.3 is 0 Å². The van der Waals surface area contributed by atoms with Crippen molar-refractivity contribution in [2.24, 2.45) is 0 Å². The maximum Gasteiger partial charge on any atom is 0.130 e. The molecule has 1 N–H and O–H groups in total. The molecule has 1 atom stereocenters. The number of likely N-dealkylation sites (N-methyl/N-ethyl adjacent to an activating group) is 1. The number of aliphatic hydroxyl groups excluding tert-OH is 1. The van der Waals surface area contributed by atoms with Crippen LogP contribution in [0.5, 0.6) is 0 Å². The van der Waals surface area contributed by atoms with Crippen molar-refractivity contribution in [3.8, 4) is 0 Å². The Morgan fingerprint density at radius 1 is 1.24 bits per heavy atom. The lowest BCUT2D eigenvalue weighted by molar-refractivity contribution is 0.107. The van der Waals surface area contributed by atoms with E-state index in [1.807, 2.05) is 18.7 Å². The Balaban J connectivity index is 2.73. The molecule has 0 aromatic heterocycles. The van der Waals surface area contributed by atoms with Crippen molar-refractivity contribution in [3.05, 3.63) is 35.4 Å². The van der Waals surface area contributed by atoms with E-state index >= 15 is 0 Å². The molecule has 4 heteroatoms. The Labute approximate surface area is 101 Å². The minimum atomic E-state index is -0.533. The van der Waals surface area contributed by atoms with Crippen LogP contribution in [0.4, 0.5) is 8.78 Å². The summed E-state index contributed by atoms with van der Waals surface area (Å²) in [6.45, 7) is 5.04. The fourth-order valence-electron chi connectivity index (χ4n) is 1.64. The van der Waals surface area contributed by atoms with Crippen molar-refractivity contribution in [2.45, 2.75) is 32.9 Å². The number of aliphatic hydroxyl groups is 1. The number of halogens is 2. The van der Waals surface area contributed by atoms with Gasteiger partial charge in [-0.15, -0.1) is 0 Å². The zero-order chi connectivity index (χ0) is 12.8. The van der Waals surface area contributed by atoms with Crippen LogP contribution < -0.4 is 0 Å². The molecular weight excluding hydrogens is 224 g/mol. The second kappa shape index (κ2) is 6.67. The molecule has 0 fully saturated rings. The molecule has 0 bridgehead atoms. The SMILES string of the molecule is CCC(O)CN(CC)Cc1c(F)cccc1F. The molecule has 0 spiro atoms. The highest BCUT2D eigenvalue weighted by Crippen LogP contribution is 2.15. The summed E-state index contributed by atoms with van der Waals surface area (Å²) in [6, 6.07) is 3.86. The average molecular weight is 243 g/mol. The highest BCUT2D eigenvalue weighted by Gasteiger charge is 2.14. The third kappa shape index (κ3) is 4.06. The maximum absolute atomic E-state index is 13.4. The largest absolute Gasteiger partial charge is 0.392 e. The summed E-state index contributed by atoms with van der Waals surface area (Å²) in [7, 11) is 0. The zero-order valence-electron chi connectivity index (χ0n) is 10.3. The minimum absolute atomic E-state index is 0.0673. The van der Waals surface area contributed by atoms with Crippen LogP contribution in [0, 0.1) is 11.6 Å². The topological polar surface area (TPSA) is 23.5 Å². The monoisotopic (exact) mass is 243 g/mol. The first-order chi connectivity index (χ1) is 8.08. The van der Waals surface area contributed by atoms with Gasteiger partial charge in [0.1, 0.15) is 11.6 Å². The van der Waals surface area contributed by atoms with Crippen LogP contribution in [0.25, 0.3) is 0 Å². The zero-order valence-corrected chi connectivity index (χ0v) is 10.3. The summed E-state index contributed by atoms with van der Waals surface area (Å²) in [5, 5.41) is 9.55. The summed E-state index contributed by atoms with van der Waals surface area (Å²) < 4.78 is 26.9. The predicted octanol–water partition coefficient (Wildman–Crippen LogP) is 2.56. The molecule has 0 saturated carbocycles. The Morgan fingerprint density at radius 3 is 2.29 bits per heavy atom. The molecular formula is C13H19F2NO. The van der Waals surface area contributed by atoms with Gasteiger partial charge in [0.25, 0.3) is 0 Å². The van der Waals surface area contributed by atoms with Crippen molar-refractivity contribution in [1.29, 1.82) is 0 Å². The van der Waals surface area contributed by atoms with Crippen molar-refractivity contribution in [2.75, 3.05) is 13.1 Å². The van der Waals surface area contributed by atoms with E-state index in [4.69, 9.17) is 0 Å². The van der Waals surface area contributed by atoms with Crippen molar-refractivity contribution < 1.29 is 13.9 Å². The van der Waals surface area contributed by atoms with Gasteiger partial charge in [0.2, 0.25) is 0 Å². The lowest BCUT2D eigenvalue weighted by Crippen LogP contribution is -2.32. The average Bonchev–Trinajstić information content (AvgIpc) is 2.32. The fraction of sp³-hybridized carbons (Fsp3) is 0.538. The summed E-state index contributed by atoms with van der Waals surface area (Å²) in [4.78, 5) is 1.83. The van der Waals surface area contributed by atoms with Gasteiger partial charge in [-0.1, -0.05) is 19.9 Å². The second-order valence-corrected chi connectivity index (χ2v) is 4.09. The minimum Gasteiger partial charge on any atom is -0.392 e. The molecule has 1 rings (SSSR count). The standard InChI is InChI=1S/C13H19F2NO/c1-3-10(17)8-16(4-2)9-11-12(14)6-5-7-13(11)15/h5-7,10,17H,3-4,8-9H2,1-2H3. The normalized spacial score (nSPS) is 13.1. The van der Waals surface area contributed by atoms with E-state index in [0.717, 1.165) is 0 Å². The summed E-state index contributed by atoms with van der Waals surface area (Å²) in [5.74, 6) is -1.07. The molecule has 17 heavy (non-hydrogen) atoms. The van der Waals surface area contributed by atoms with E-state index in [2.05, 4.69) is 0 Å². The first kappa shape index (κ1) is 14.1. The van der Waals surface area contributed by atoms with Crippen LogP contribution in [0.1, 0.15) is 25.8 Å². The second-order valence-electron chi connectivity index (χ2n) is 4.09. The molecule has 0 aliphatic rings. The maximum atomic E-state index is 13.4. The van der Waals surface area contributed by atoms with Gasteiger partial charge in [0, 0.05) is 18.7 Å². The first-order valence-corrected chi connectivity index (χ1v) is 5.91. The highest BCUT2D eigenvalue weighted by atomic mass is 19.1. The fourth-order valence-corrected chi connectivity index (χ4v) is 1.64. The van der Waals surface area contributed by atoms with Crippen LogP contribution in [-0.4, -0.2) is 29.2 Å². The number of hydrogen-bond donors (Lipinski definition) is 1. The van der Waals surface area contributed by atoms with E-state index in [0.29, 0.717) is 19.5 Å². The lowest BCUT2D eigenvalue weighted by atomic mass is 10.1. The quantitative estimate of drug-likeness (QED) is 0.830. The van der Waals surface area contributed by atoms with E-state index in [-0.39, 0.29) is 12.1 Å². The first-order valence-electron chi connectivity index (χ1n) is 5.91. The van der Waals surface area contributed by atoms with Crippen LogP contribution >= 0.6 is 0 Å². The molecule has 96 valence electrons. The molecule has 0 aliphatic heterocycles. The number of rotatable bonds is 6. The summed E-state index contributed by atoms with van der Waals surface area (Å²) >= 11 is 0. The van der Waals surface area contributed by atoms with Crippen molar-refractivity contribution >= 4 is 0 Å². The van der Waals surface area contributed by atoms with Crippen molar-refractivity contribution in [1.82, 2.24) is 4.90 Å². The molecule has 1 unspecified atom stereocenters. The van der Waals surface area contributed by atoms with E-state index in [1.165, 1.54) is 18.2 Å². The smallest absolute Gasteiger partial charge is 0.130 e. The van der Waals surface area contributed by atoms with Crippen LogP contribution in [0.3, 0.4) is 0 Å². The number of nitrogens with zero attached hydrogens (tertiary/aromatic N) is 1. The summed E-state index contributed by atoms with van der Waals surface area (Å²) in [6.07, 6.45) is 0.181. The third-order valence-electron chi connectivity index (χ3n) is 2.83. The van der Waals surface area contributed by atoms with Crippen LogP contribution in [-0.2, 0) is 6.54 Å². The molecule has 0 aliphatic carbocycles. The van der Waals surface area contributed by atoms with Gasteiger partial charge in [0.15, 0.2) is 0 Å². The van der Waals surface area contributed by atoms with E-state index in [1.54, 1.807) is 0 Å². The molecule has 0 amide bonds. The van der Waals surface area contributed by atoms with Gasteiger partial charge in [0.05, 0.1) is 6.10 Å². The molecule has 1 aromatic carbocycles.